The van der Waals surface area contributed by atoms with Gasteiger partial charge in [-0.3, -0.25) is 0 Å². The van der Waals surface area contributed by atoms with Gasteiger partial charge in [0, 0.05) is 6.61 Å². The van der Waals surface area contributed by atoms with Crippen molar-refractivity contribution in [2.24, 2.45) is 0 Å². The average molecular weight is 315 g/mol. The van der Waals surface area contributed by atoms with Crippen molar-refractivity contribution in [3.8, 4) is 0 Å². The van der Waals surface area contributed by atoms with Crippen LogP contribution in [0.4, 0.5) is 0 Å². The lowest BCUT2D eigenvalue weighted by Crippen LogP contribution is -2.04. The molecule has 112 valence electrons. The third-order valence-corrected chi connectivity index (χ3v) is 4.06. The second kappa shape index (κ2) is 5.66. The van der Waals surface area contributed by atoms with Crippen molar-refractivity contribution >= 4 is 22.8 Å². The molecular weight excluding hydrogens is 300 g/mol. The van der Waals surface area contributed by atoms with Crippen LogP contribution in [0, 0.1) is 0 Å². The van der Waals surface area contributed by atoms with Gasteiger partial charge in [0.15, 0.2) is 5.65 Å². The van der Waals surface area contributed by atoms with E-state index in [-0.39, 0.29) is 11.4 Å². The topological polar surface area (TPSA) is 52.8 Å². The summed E-state index contributed by atoms with van der Waals surface area (Å²) in [5, 5.41) is 0.243. The van der Waals surface area contributed by atoms with Gasteiger partial charge in [0.05, 0.1) is 12.9 Å². The summed E-state index contributed by atoms with van der Waals surface area (Å²) in [7, 11) is 0. The molecule has 1 fully saturated rings. The summed E-state index contributed by atoms with van der Waals surface area (Å²) in [5.41, 5.74) is 3.54. The standard InChI is InChI=1S/C16H15ClN4O/c17-16-19-13(12-7-4-8-22-12)14-15(20-16)21(10-18-14)9-11-5-2-1-3-6-11/h1-3,5-6,10,12H,4,7-9H2. The first-order valence-electron chi connectivity index (χ1n) is 7.35. The van der Waals surface area contributed by atoms with Crippen LogP contribution in [-0.2, 0) is 11.3 Å². The lowest BCUT2D eigenvalue weighted by Gasteiger charge is -2.10. The van der Waals surface area contributed by atoms with E-state index in [1.165, 1.54) is 5.56 Å². The maximum atomic E-state index is 6.12. The van der Waals surface area contributed by atoms with Crippen LogP contribution in [0.3, 0.4) is 0 Å². The number of halogens is 1. The summed E-state index contributed by atoms with van der Waals surface area (Å²) in [4.78, 5) is 13.2. The summed E-state index contributed by atoms with van der Waals surface area (Å²) in [6, 6.07) is 10.2. The van der Waals surface area contributed by atoms with E-state index in [0.717, 1.165) is 36.3 Å². The minimum Gasteiger partial charge on any atom is -0.372 e. The zero-order valence-corrected chi connectivity index (χ0v) is 12.7. The van der Waals surface area contributed by atoms with Gasteiger partial charge in [-0.1, -0.05) is 30.3 Å². The Hall–Kier alpha value is -1.98. The quantitative estimate of drug-likeness (QED) is 0.695. The zero-order chi connectivity index (χ0) is 14.9. The second-order valence-corrected chi connectivity index (χ2v) is 5.75. The molecule has 2 aromatic heterocycles. The minimum absolute atomic E-state index is 0.0249. The second-order valence-electron chi connectivity index (χ2n) is 5.41. The number of benzene rings is 1. The summed E-state index contributed by atoms with van der Waals surface area (Å²) < 4.78 is 7.73. The summed E-state index contributed by atoms with van der Waals surface area (Å²) in [6.45, 7) is 1.47. The average Bonchev–Trinajstić information content (AvgIpc) is 3.18. The first-order valence-corrected chi connectivity index (χ1v) is 7.73. The Balaban J connectivity index is 1.78. The molecule has 0 spiro atoms. The predicted octanol–water partition coefficient (Wildman–Crippen LogP) is 3.38. The largest absolute Gasteiger partial charge is 0.372 e. The van der Waals surface area contributed by atoms with Crippen LogP contribution in [0.15, 0.2) is 36.7 Å². The van der Waals surface area contributed by atoms with Crippen molar-refractivity contribution in [2.75, 3.05) is 6.61 Å². The van der Waals surface area contributed by atoms with E-state index in [1.54, 1.807) is 6.33 Å². The zero-order valence-electron chi connectivity index (χ0n) is 11.9. The SMILES string of the molecule is Clc1nc(C2CCCO2)c2ncn(Cc3ccccc3)c2n1. The summed E-state index contributed by atoms with van der Waals surface area (Å²) >= 11 is 6.12. The molecule has 5 nitrogen and oxygen atoms in total. The summed E-state index contributed by atoms with van der Waals surface area (Å²) in [6.07, 6.45) is 3.76. The summed E-state index contributed by atoms with van der Waals surface area (Å²) in [5.74, 6) is 0. The Labute approximate surface area is 132 Å². The van der Waals surface area contributed by atoms with Gasteiger partial charge >= 0.3 is 0 Å². The fourth-order valence-corrected chi connectivity index (χ4v) is 3.02. The first-order chi connectivity index (χ1) is 10.8. The Bertz CT molecular complexity index is 797. The van der Waals surface area contributed by atoms with Crippen molar-refractivity contribution in [3.05, 3.63) is 53.2 Å². The highest BCUT2D eigenvalue weighted by atomic mass is 35.5. The van der Waals surface area contributed by atoms with E-state index >= 15 is 0 Å². The van der Waals surface area contributed by atoms with Gasteiger partial charge in [0.1, 0.15) is 17.3 Å². The molecule has 0 saturated carbocycles. The fourth-order valence-electron chi connectivity index (χ4n) is 2.85. The lowest BCUT2D eigenvalue weighted by atomic mass is 10.1. The van der Waals surface area contributed by atoms with Crippen LogP contribution in [0.2, 0.25) is 5.28 Å². The van der Waals surface area contributed by atoms with Gasteiger partial charge in [-0.2, -0.15) is 4.98 Å². The van der Waals surface area contributed by atoms with E-state index < -0.39 is 0 Å². The maximum absolute atomic E-state index is 6.12. The highest BCUT2D eigenvalue weighted by molar-refractivity contribution is 6.28. The van der Waals surface area contributed by atoms with E-state index in [1.807, 2.05) is 22.8 Å². The lowest BCUT2D eigenvalue weighted by molar-refractivity contribution is 0.109. The van der Waals surface area contributed by atoms with Crippen molar-refractivity contribution in [1.29, 1.82) is 0 Å². The minimum atomic E-state index is -0.0249. The molecule has 0 radical (unpaired) electrons. The first kappa shape index (κ1) is 13.7. The van der Waals surface area contributed by atoms with Crippen LogP contribution in [0.5, 0.6) is 0 Å². The van der Waals surface area contributed by atoms with Crippen molar-refractivity contribution < 1.29 is 4.74 Å². The van der Waals surface area contributed by atoms with E-state index in [9.17, 15) is 0 Å². The number of nitrogens with zero attached hydrogens (tertiary/aromatic N) is 4. The van der Waals surface area contributed by atoms with Crippen molar-refractivity contribution in [2.45, 2.75) is 25.5 Å². The molecular formula is C16H15ClN4O. The van der Waals surface area contributed by atoms with Crippen molar-refractivity contribution in [1.82, 2.24) is 19.5 Å². The molecule has 1 saturated heterocycles. The molecule has 1 aliphatic rings. The molecule has 0 bridgehead atoms. The van der Waals surface area contributed by atoms with E-state index in [2.05, 4.69) is 27.1 Å². The molecule has 4 rings (SSSR count). The number of hydrogen-bond acceptors (Lipinski definition) is 4. The van der Waals surface area contributed by atoms with Gasteiger partial charge in [0.2, 0.25) is 5.28 Å². The van der Waals surface area contributed by atoms with Gasteiger partial charge in [-0.25, -0.2) is 9.97 Å². The molecule has 1 aliphatic heterocycles. The Morgan fingerprint density at radius 1 is 1.23 bits per heavy atom. The molecule has 0 amide bonds. The van der Waals surface area contributed by atoms with Crippen LogP contribution < -0.4 is 0 Å². The Morgan fingerprint density at radius 3 is 2.86 bits per heavy atom. The number of hydrogen-bond donors (Lipinski definition) is 0. The smallest absolute Gasteiger partial charge is 0.224 e. The molecule has 1 unspecified atom stereocenters. The van der Waals surface area contributed by atoms with Gasteiger partial charge in [0.25, 0.3) is 0 Å². The fraction of sp³-hybridized carbons (Fsp3) is 0.312. The maximum Gasteiger partial charge on any atom is 0.224 e. The van der Waals surface area contributed by atoms with Crippen LogP contribution in [-0.4, -0.2) is 26.1 Å². The number of ether oxygens (including phenoxy) is 1. The molecule has 0 N–H and O–H groups in total. The Morgan fingerprint density at radius 2 is 2.09 bits per heavy atom. The molecule has 0 aliphatic carbocycles. The number of imidazole rings is 1. The van der Waals surface area contributed by atoms with Gasteiger partial charge in [-0.15, -0.1) is 0 Å². The highest BCUT2D eigenvalue weighted by Gasteiger charge is 2.24. The monoisotopic (exact) mass is 314 g/mol. The molecule has 3 heterocycles. The van der Waals surface area contributed by atoms with Crippen LogP contribution >= 0.6 is 11.6 Å². The third kappa shape index (κ3) is 2.46. The highest BCUT2D eigenvalue weighted by Crippen LogP contribution is 2.31. The number of fused-ring (bicyclic) bond motifs is 1. The third-order valence-electron chi connectivity index (χ3n) is 3.89. The molecule has 1 aromatic carbocycles. The van der Waals surface area contributed by atoms with Gasteiger partial charge < -0.3 is 9.30 Å². The molecule has 3 aromatic rings. The Kier molecular flexibility index (Phi) is 3.52. The van der Waals surface area contributed by atoms with Crippen LogP contribution in [0.1, 0.15) is 30.2 Å². The molecule has 6 heteroatoms. The van der Waals surface area contributed by atoms with E-state index in [0.29, 0.717) is 6.54 Å². The van der Waals surface area contributed by atoms with Crippen molar-refractivity contribution in [3.63, 3.8) is 0 Å². The predicted molar refractivity (Wildman–Crippen MR) is 83.8 cm³/mol. The van der Waals surface area contributed by atoms with E-state index in [4.69, 9.17) is 16.3 Å². The van der Waals surface area contributed by atoms with Crippen LogP contribution in [0.25, 0.3) is 11.2 Å². The molecule has 22 heavy (non-hydrogen) atoms. The number of rotatable bonds is 3. The normalized spacial score (nSPS) is 18.1. The number of aromatic nitrogens is 4. The van der Waals surface area contributed by atoms with Gasteiger partial charge in [-0.05, 0) is 30.0 Å². The molecule has 1 atom stereocenters.